The number of fused-ring (bicyclic) bond motifs is 1. The maximum atomic E-state index is 12.4. The van der Waals surface area contributed by atoms with Gasteiger partial charge in [0, 0.05) is 7.11 Å². The normalized spacial score (nSPS) is 33.3. The minimum absolute atomic E-state index is 0.370. The predicted octanol–water partition coefficient (Wildman–Crippen LogP) is 1.51. The van der Waals surface area contributed by atoms with Crippen LogP contribution < -0.4 is 0 Å². The number of carbonyl (C=O) groups excluding carboxylic acids is 1. The Hall–Kier alpha value is -0.890. The molecule has 106 valence electrons. The Labute approximate surface area is 116 Å². The van der Waals surface area contributed by atoms with Gasteiger partial charge in [0.2, 0.25) is 0 Å². The number of ether oxygens (including phenoxy) is 2. The van der Waals surface area contributed by atoms with Crippen LogP contribution in [0.3, 0.4) is 0 Å². The molecule has 2 aliphatic rings. The number of allylic oxidation sites excluding steroid dienone is 1. The van der Waals surface area contributed by atoms with Crippen LogP contribution in [0, 0.1) is 5.21 Å². The number of nitrogens with zero attached hydrogens (tertiary/aromatic N) is 2. The second-order valence-corrected chi connectivity index (χ2v) is 6.09. The maximum absolute atomic E-state index is 12.4. The van der Waals surface area contributed by atoms with Gasteiger partial charge in [0.15, 0.2) is 5.06 Å². The molecule has 0 N–H and O–H groups in total. The Bertz CT molecular complexity index is 472. The molecule has 0 aromatic carbocycles. The van der Waals surface area contributed by atoms with Gasteiger partial charge in [-0.25, -0.2) is 4.79 Å². The Morgan fingerprint density at radius 3 is 2.58 bits per heavy atom. The predicted molar refractivity (Wildman–Crippen MR) is 73.6 cm³/mol. The third-order valence-electron chi connectivity index (χ3n) is 3.38. The van der Waals surface area contributed by atoms with E-state index in [1.54, 1.807) is 13.8 Å². The quantitative estimate of drug-likeness (QED) is 0.578. The number of rotatable bonds is 3. The molecule has 0 amide bonds. The lowest BCUT2D eigenvalue weighted by Crippen LogP contribution is -2.72. The number of esters is 1. The fourth-order valence-electron chi connectivity index (χ4n) is 2.52. The lowest BCUT2D eigenvalue weighted by Gasteiger charge is -2.62. The summed E-state index contributed by atoms with van der Waals surface area (Å²) in [5.41, 5.74) is 1.13. The molecule has 19 heavy (non-hydrogen) atoms. The highest BCUT2D eigenvalue weighted by Crippen LogP contribution is 2.54. The number of hydrogen-bond donors (Lipinski definition) is 0. The van der Waals surface area contributed by atoms with Crippen molar-refractivity contribution in [1.29, 1.82) is 0 Å². The molecule has 2 heterocycles. The molecule has 1 fully saturated rings. The first-order chi connectivity index (χ1) is 8.89. The number of hydrogen-bond acceptors (Lipinski definition) is 7. The molecule has 0 aromatic rings. The van der Waals surface area contributed by atoms with Gasteiger partial charge in [0.1, 0.15) is 6.04 Å². The van der Waals surface area contributed by atoms with Crippen LogP contribution in [0.1, 0.15) is 20.8 Å². The highest BCUT2D eigenvalue weighted by Gasteiger charge is 2.63. The third kappa shape index (κ3) is 1.92. The van der Waals surface area contributed by atoms with Gasteiger partial charge in [-0.05, 0) is 20.8 Å². The Balaban J connectivity index is 2.38. The van der Waals surface area contributed by atoms with Crippen LogP contribution in [0.5, 0.6) is 0 Å². The summed E-state index contributed by atoms with van der Waals surface area (Å²) in [4.78, 5) is 16.3. The van der Waals surface area contributed by atoms with E-state index in [2.05, 4.69) is 4.99 Å². The van der Waals surface area contributed by atoms with E-state index in [0.29, 0.717) is 5.57 Å². The molecule has 0 aromatic heterocycles. The van der Waals surface area contributed by atoms with Crippen molar-refractivity contribution in [3.05, 3.63) is 16.4 Å². The zero-order valence-electron chi connectivity index (χ0n) is 11.6. The van der Waals surface area contributed by atoms with E-state index in [1.165, 1.54) is 26.0 Å². The minimum Gasteiger partial charge on any atom is -0.782 e. The second kappa shape index (κ2) is 4.90. The van der Waals surface area contributed by atoms with Crippen molar-refractivity contribution in [3.63, 3.8) is 0 Å². The molecule has 6 nitrogen and oxygen atoms in total. The van der Waals surface area contributed by atoms with Gasteiger partial charge in [0.05, 0.1) is 23.8 Å². The van der Waals surface area contributed by atoms with Crippen molar-refractivity contribution in [1.82, 2.24) is 5.06 Å². The van der Waals surface area contributed by atoms with Crippen LogP contribution in [0.15, 0.2) is 16.1 Å². The smallest absolute Gasteiger partial charge is 0.335 e. The molecule has 1 saturated heterocycles. The SMILES string of the molecule is COC(=O)C(=C(C)C)C1C2N=C(C)SC2(OC)N1[O-]. The average molecular weight is 285 g/mol. The molecule has 3 atom stereocenters. The molecule has 0 bridgehead atoms. The summed E-state index contributed by atoms with van der Waals surface area (Å²) in [7, 11) is 2.79. The number of thioether (sulfide) groups is 1. The molecule has 3 unspecified atom stereocenters. The fourth-order valence-corrected chi connectivity index (χ4v) is 3.70. The first kappa shape index (κ1) is 14.5. The van der Waals surface area contributed by atoms with Crippen molar-refractivity contribution in [2.75, 3.05) is 14.2 Å². The number of aliphatic imine (C=N–C) groups is 1. The number of hydroxylamine groups is 2. The minimum atomic E-state index is -1.02. The van der Waals surface area contributed by atoms with Crippen LogP contribution in [-0.4, -0.2) is 47.4 Å². The van der Waals surface area contributed by atoms with E-state index >= 15 is 0 Å². The monoisotopic (exact) mass is 285 g/mol. The standard InChI is InChI=1S/C12H17N2O4S/c1-6(2)8(11(15)17-4)9-10-12(18-5,14(9)16)19-7(3)13-10/h9-10H,1-5H3/q-1. The summed E-state index contributed by atoms with van der Waals surface area (Å²) in [6.45, 7) is 5.39. The van der Waals surface area contributed by atoms with E-state index in [1.807, 2.05) is 6.92 Å². The van der Waals surface area contributed by atoms with Gasteiger partial charge < -0.3 is 19.7 Å². The molecular formula is C12H17N2O4S-. The Morgan fingerprint density at radius 2 is 2.11 bits per heavy atom. The van der Waals surface area contributed by atoms with Crippen LogP contribution in [0.25, 0.3) is 0 Å². The Morgan fingerprint density at radius 1 is 1.47 bits per heavy atom. The number of carbonyl (C=O) groups is 1. The zero-order chi connectivity index (χ0) is 14.4. The van der Waals surface area contributed by atoms with Gasteiger partial charge in [-0.2, -0.15) is 0 Å². The summed E-state index contributed by atoms with van der Waals surface area (Å²) < 4.78 is 10.1. The van der Waals surface area contributed by atoms with E-state index in [0.717, 1.165) is 15.7 Å². The summed E-state index contributed by atoms with van der Waals surface area (Å²) in [5.74, 6) is -0.486. The van der Waals surface area contributed by atoms with Crippen LogP contribution >= 0.6 is 11.8 Å². The second-order valence-electron chi connectivity index (χ2n) is 4.71. The van der Waals surface area contributed by atoms with Crippen molar-refractivity contribution in [3.8, 4) is 0 Å². The lowest BCUT2D eigenvalue weighted by atomic mass is 9.87. The third-order valence-corrected chi connectivity index (χ3v) is 4.66. The first-order valence-electron chi connectivity index (χ1n) is 5.89. The van der Waals surface area contributed by atoms with Gasteiger partial charge in [-0.15, -0.1) is 0 Å². The van der Waals surface area contributed by atoms with Crippen molar-refractivity contribution < 1.29 is 14.3 Å². The van der Waals surface area contributed by atoms with Crippen LogP contribution in [0.2, 0.25) is 0 Å². The molecule has 0 saturated carbocycles. The maximum Gasteiger partial charge on any atom is 0.335 e. The topological polar surface area (TPSA) is 74.2 Å². The largest absolute Gasteiger partial charge is 0.782 e. The first-order valence-corrected chi connectivity index (χ1v) is 6.71. The fraction of sp³-hybridized carbons (Fsp3) is 0.667. The van der Waals surface area contributed by atoms with E-state index in [9.17, 15) is 10.0 Å². The van der Waals surface area contributed by atoms with Crippen LogP contribution in [-0.2, 0) is 14.3 Å². The highest BCUT2D eigenvalue weighted by atomic mass is 32.2. The summed E-state index contributed by atoms with van der Waals surface area (Å²) in [6, 6.07) is -1.01. The summed E-state index contributed by atoms with van der Waals surface area (Å²) in [5, 5.41) is 12.9. The van der Waals surface area contributed by atoms with Gasteiger partial charge in [-0.1, -0.05) is 17.3 Å². The average Bonchev–Trinajstić information content (AvgIpc) is 2.68. The molecule has 0 aliphatic carbocycles. The lowest BCUT2D eigenvalue weighted by molar-refractivity contribution is -0.155. The summed E-state index contributed by atoms with van der Waals surface area (Å²) >= 11 is 1.29. The van der Waals surface area contributed by atoms with Gasteiger partial charge >= 0.3 is 5.97 Å². The molecule has 7 heteroatoms. The van der Waals surface area contributed by atoms with Crippen LogP contribution in [0.4, 0.5) is 0 Å². The Kier molecular flexibility index (Phi) is 3.74. The van der Waals surface area contributed by atoms with Crippen molar-refractivity contribution >= 4 is 22.8 Å². The molecular weight excluding hydrogens is 268 g/mol. The molecule has 2 aliphatic heterocycles. The molecule has 0 spiro atoms. The highest BCUT2D eigenvalue weighted by molar-refractivity contribution is 8.15. The molecule has 2 rings (SSSR count). The van der Waals surface area contributed by atoms with E-state index in [4.69, 9.17) is 9.47 Å². The zero-order valence-corrected chi connectivity index (χ0v) is 12.4. The van der Waals surface area contributed by atoms with E-state index < -0.39 is 17.1 Å². The summed E-state index contributed by atoms with van der Waals surface area (Å²) in [6.07, 6.45) is 0. The molecule has 0 radical (unpaired) electrons. The van der Waals surface area contributed by atoms with Crippen molar-refractivity contribution in [2.45, 2.75) is 37.9 Å². The van der Waals surface area contributed by atoms with Gasteiger partial charge in [0.25, 0.3) is 0 Å². The van der Waals surface area contributed by atoms with Gasteiger partial charge in [-0.3, -0.25) is 4.99 Å². The van der Waals surface area contributed by atoms with Crippen molar-refractivity contribution in [2.24, 2.45) is 4.99 Å². The van der Waals surface area contributed by atoms with E-state index in [-0.39, 0.29) is 6.04 Å². The number of methoxy groups -OCH3 is 2.